The van der Waals surface area contributed by atoms with Crippen LogP contribution in [0.4, 0.5) is 30.6 Å². The molecule has 0 saturated carbocycles. The lowest BCUT2D eigenvalue weighted by Gasteiger charge is -2.42. The number of carbonyl (C=O) groups excluding carboxylic acids is 3. The van der Waals surface area contributed by atoms with E-state index >= 15 is 0 Å². The number of aryl methyl sites for hydroxylation is 1. The number of halogens is 3. The van der Waals surface area contributed by atoms with Crippen LogP contribution in [0.15, 0.2) is 91.5 Å². The molecule has 0 aliphatic carbocycles. The molecular weight excluding hydrogens is 1040 g/mol. The molecule has 0 radical (unpaired) electrons. The molecule has 0 bridgehead atoms. The van der Waals surface area contributed by atoms with Crippen molar-refractivity contribution in [3.05, 3.63) is 120 Å². The fourth-order valence-corrected chi connectivity index (χ4v) is 11.7. The van der Waals surface area contributed by atoms with Crippen molar-refractivity contribution in [1.29, 1.82) is 5.26 Å². The van der Waals surface area contributed by atoms with Crippen molar-refractivity contribution in [3.8, 4) is 34.6 Å². The number of aromatic nitrogens is 5. The van der Waals surface area contributed by atoms with E-state index in [9.17, 15) is 43.0 Å². The van der Waals surface area contributed by atoms with Gasteiger partial charge in [-0.25, -0.2) is 4.98 Å². The Labute approximate surface area is 468 Å². The van der Waals surface area contributed by atoms with Gasteiger partial charge in [0.25, 0.3) is 5.91 Å². The fraction of sp³-hybridized carbons (Fsp3) is 0.424. The van der Waals surface area contributed by atoms with Gasteiger partial charge in [0.15, 0.2) is 5.82 Å². The van der Waals surface area contributed by atoms with Crippen molar-refractivity contribution in [2.75, 3.05) is 100 Å². The Hall–Kier alpha value is -8.29. The Morgan fingerprint density at radius 1 is 0.864 bits per heavy atom. The van der Waals surface area contributed by atoms with E-state index in [-0.39, 0.29) is 53.6 Å². The van der Waals surface area contributed by atoms with Crippen molar-refractivity contribution in [2.45, 2.75) is 70.8 Å². The highest BCUT2D eigenvalue weighted by molar-refractivity contribution is 5.95. The number of amides is 3. The van der Waals surface area contributed by atoms with E-state index in [0.29, 0.717) is 88.3 Å². The minimum atomic E-state index is -4.65. The molecule has 4 aromatic carbocycles. The second-order valence-corrected chi connectivity index (χ2v) is 21.2. The van der Waals surface area contributed by atoms with Gasteiger partial charge in [0.1, 0.15) is 23.9 Å². The molecule has 424 valence electrons. The molecule has 6 heterocycles. The Morgan fingerprint density at radius 3 is 2.36 bits per heavy atom. The van der Waals surface area contributed by atoms with Crippen LogP contribution in [0.25, 0.3) is 27.8 Å². The summed E-state index contributed by atoms with van der Waals surface area (Å²) < 4.78 is 40.6. The Morgan fingerprint density at radius 2 is 1.62 bits per heavy atom. The number of piperidine rings is 1. The van der Waals surface area contributed by atoms with Gasteiger partial charge in [-0.2, -0.15) is 23.4 Å². The summed E-state index contributed by atoms with van der Waals surface area (Å²) in [6.45, 7) is 13.5. The number of nitrogens with zero attached hydrogens (tertiary/aromatic N) is 12. The molecule has 3 saturated heterocycles. The van der Waals surface area contributed by atoms with E-state index in [0.717, 1.165) is 86.5 Å². The first-order chi connectivity index (χ1) is 39.2. The minimum Gasteiger partial charge on any atom is -0.508 e. The highest BCUT2D eigenvalue weighted by Gasteiger charge is 2.35. The zero-order valence-electron chi connectivity index (χ0n) is 45.4. The lowest BCUT2D eigenvalue weighted by molar-refractivity contribution is -0.132. The highest BCUT2D eigenvalue weighted by Crippen LogP contribution is 2.37. The number of aromatic hydroxyl groups is 2. The lowest BCUT2D eigenvalue weighted by Crippen LogP contribution is -2.55. The Kier molecular flexibility index (Phi) is 17.0. The highest BCUT2D eigenvalue weighted by atomic mass is 19.4. The third-order valence-electron chi connectivity index (χ3n) is 16.0. The van der Waals surface area contributed by atoms with E-state index in [1.54, 1.807) is 17.0 Å². The Bertz CT molecular complexity index is 3310. The first-order valence-electron chi connectivity index (χ1n) is 27.8. The summed E-state index contributed by atoms with van der Waals surface area (Å²) in [4.78, 5) is 62.8. The second-order valence-electron chi connectivity index (χ2n) is 21.2. The smallest absolute Gasteiger partial charge is 0.405 e. The minimum absolute atomic E-state index is 0.0197. The van der Waals surface area contributed by atoms with E-state index in [2.05, 4.69) is 84.2 Å². The molecule has 4 aliphatic heterocycles. The number of nitriles is 1. The zero-order valence-corrected chi connectivity index (χ0v) is 45.4. The maximum absolute atomic E-state index is 13.7. The number of phenolic OH excluding ortho intramolecular Hbond substituents is 2. The topological polar surface area (TPSA) is 215 Å². The molecule has 1 unspecified atom stereocenters. The van der Waals surface area contributed by atoms with Gasteiger partial charge in [0, 0.05) is 120 Å². The summed E-state index contributed by atoms with van der Waals surface area (Å²) in [6, 6.07) is 26.6. The number of hydrogen-bond donors (Lipinski definition) is 4. The molecule has 1 atom stereocenters. The first kappa shape index (κ1) is 56.0. The number of phenols is 2. The van der Waals surface area contributed by atoms with Crippen LogP contribution < -0.4 is 20.4 Å². The number of likely N-dealkylation sites (tertiary alicyclic amines) is 1. The summed E-state index contributed by atoms with van der Waals surface area (Å²) in [6.07, 6.45) is 0.0970. The monoisotopic (exact) mass is 1110 g/mol. The predicted octanol–water partition coefficient (Wildman–Crippen LogP) is 6.68. The third kappa shape index (κ3) is 12.8. The van der Waals surface area contributed by atoms with Crippen LogP contribution in [0, 0.1) is 17.2 Å². The molecule has 4 aliphatic rings. The number of nitrogens with one attached hydrogen (secondary N) is 2. The van der Waals surface area contributed by atoms with E-state index < -0.39 is 24.5 Å². The zero-order chi connectivity index (χ0) is 56.8. The van der Waals surface area contributed by atoms with Gasteiger partial charge in [0.05, 0.1) is 36.3 Å². The standard InChI is InChI=1S/C59H67F3N14O5/c1-3-41-32-47(51(78)33-50(41)77)55-68-69-56(57(81)65-38-59(60,61)62)76(55)43-14-12-39(13-15-43)34-70-26-28-71(29-27-70)35-40-18-23-72(24-19-40)53(80)17-22-64-58-66-48-37-73(49-11-7-9-42-8-5-6-10-45(42)49)25-20-46(48)54(67-58)74-30-31-75(52(79)4-2)44(36-74)16-21-63/h4-15,32-33,40,44,77-78H,2-3,16-20,22-31,34-38H2,1H3,(H,65,81)(H,64,66,67). The normalized spacial score (nSPS) is 17.4. The summed E-state index contributed by atoms with van der Waals surface area (Å²) in [7, 11) is 0. The van der Waals surface area contributed by atoms with Crippen molar-refractivity contribution < 1.29 is 37.8 Å². The van der Waals surface area contributed by atoms with Crippen molar-refractivity contribution >= 4 is 45.9 Å². The van der Waals surface area contributed by atoms with Crippen LogP contribution in [0.2, 0.25) is 0 Å². The van der Waals surface area contributed by atoms with Gasteiger partial charge in [-0.05, 0) is 78.5 Å². The molecule has 22 heteroatoms. The van der Waals surface area contributed by atoms with Crippen LogP contribution in [0.3, 0.4) is 0 Å². The molecule has 4 N–H and O–H groups in total. The van der Waals surface area contributed by atoms with Crippen molar-refractivity contribution in [1.82, 2.24) is 49.6 Å². The maximum atomic E-state index is 13.7. The van der Waals surface area contributed by atoms with Gasteiger partial charge >= 0.3 is 6.18 Å². The average Bonchev–Trinajstić information content (AvgIpc) is 3.93. The molecule has 81 heavy (non-hydrogen) atoms. The largest absolute Gasteiger partial charge is 0.508 e. The molecule has 3 amide bonds. The number of piperazine rings is 2. The number of alkyl halides is 3. The van der Waals surface area contributed by atoms with Crippen LogP contribution >= 0.6 is 0 Å². The Balaban J connectivity index is 0.720. The summed E-state index contributed by atoms with van der Waals surface area (Å²) in [5.74, 6) is -0.330. The molecule has 6 aromatic rings. The van der Waals surface area contributed by atoms with E-state index in [1.165, 1.54) is 27.5 Å². The lowest BCUT2D eigenvalue weighted by atomic mass is 9.95. The number of rotatable bonds is 17. The summed E-state index contributed by atoms with van der Waals surface area (Å²) >= 11 is 0. The fourth-order valence-electron chi connectivity index (χ4n) is 11.7. The molecule has 3 fully saturated rings. The van der Waals surface area contributed by atoms with Crippen molar-refractivity contribution in [3.63, 3.8) is 0 Å². The summed E-state index contributed by atoms with van der Waals surface area (Å²) in [5.41, 5.74) is 5.13. The molecule has 10 rings (SSSR count). The SMILES string of the molecule is C=CC(=O)N1CCN(c2nc(NCCC(=O)N3CCC(CN4CCN(Cc5ccc(-n6c(C(=O)NCC(F)(F)F)nnc6-c6cc(CC)c(O)cc6O)cc5)CC4)CC3)nc3c2CCN(c2cccc4ccccc24)C3)CC1CC#N. The van der Waals surface area contributed by atoms with E-state index in [1.807, 2.05) is 35.3 Å². The number of benzene rings is 4. The number of fused-ring (bicyclic) bond motifs is 2. The van der Waals surface area contributed by atoms with Gasteiger partial charge in [-0.1, -0.05) is 62.0 Å². The summed E-state index contributed by atoms with van der Waals surface area (Å²) in [5, 5.41) is 46.5. The van der Waals surface area contributed by atoms with Gasteiger partial charge in [-0.3, -0.25) is 23.9 Å². The van der Waals surface area contributed by atoms with Crippen LogP contribution in [-0.2, 0) is 35.5 Å². The van der Waals surface area contributed by atoms with Gasteiger partial charge < -0.3 is 45.3 Å². The van der Waals surface area contributed by atoms with Gasteiger partial charge in [0.2, 0.25) is 23.6 Å². The van der Waals surface area contributed by atoms with Crippen LogP contribution in [0.1, 0.15) is 65.6 Å². The first-order valence-corrected chi connectivity index (χ1v) is 27.8. The third-order valence-corrected chi connectivity index (χ3v) is 16.0. The van der Waals surface area contributed by atoms with E-state index in [4.69, 9.17) is 9.97 Å². The van der Waals surface area contributed by atoms with Crippen LogP contribution in [0.5, 0.6) is 11.5 Å². The number of hydrogen-bond acceptors (Lipinski definition) is 15. The maximum Gasteiger partial charge on any atom is 0.405 e. The molecule has 0 spiro atoms. The second kappa shape index (κ2) is 24.6. The predicted molar refractivity (Wildman–Crippen MR) is 301 cm³/mol. The number of anilines is 3. The molecular formula is C59H67F3N14O5. The molecule has 19 nitrogen and oxygen atoms in total. The molecule has 2 aromatic heterocycles. The van der Waals surface area contributed by atoms with Crippen molar-refractivity contribution in [2.24, 2.45) is 5.92 Å². The van der Waals surface area contributed by atoms with Crippen LogP contribution in [-0.4, -0.2) is 170 Å². The quantitative estimate of drug-likeness (QED) is 0.0701. The average molecular weight is 1110 g/mol. The van der Waals surface area contributed by atoms with Gasteiger partial charge in [-0.15, -0.1) is 10.2 Å². The number of carbonyl (C=O) groups is 3.